The van der Waals surface area contributed by atoms with Crippen LogP contribution in [0.1, 0.15) is 52.9 Å². The molecule has 1 rings (SSSR count). The van der Waals surface area contributed by atoms with Crippen molar-refractivity contribution < 1.29 is 23.2 Å². The van der Waals surface area contributed by atoms with Gasteiger partial charge in [-0.05, 0) is 33.6 Å². The van der Waals surface area contributed by atoms with E-state index in [0.29, 0.717) is 19.8 Å². The van der Waals surface area contributed by atoms with Gasteiger partial charge in [-0.2, -0.15) is 0 Å². The van der Waals surface area contributed by atoms with Crippen molar-refractivity contribution in [1.29, 1.82) is 0 Å². The molecule has 1 aliphatic rings. The molecule has 2 N–H and O–H groups in total. The van der Waals surface area contributed by atoms with Crippen molar-refractivity contribution in [3.63, 3.8) is 0 Å². The van der Waals surface area contributed by atoms with Crippen molar-refractivity contribution in [3.05, 3.63) is 0 Å². The van der Waals surface area contributed by atoms with Gasteiger partial charge in [0, 0.05) is 19.8 Å². The second-order valence-corrected chi connectivity index (χ2v) is 6.28. The molecule has 0 aliphatic heterocycles. The molecule has 0 amide bonds. The van der Waals surface area contributed by atoms with Crippen LogP contribution >= 0.6 is 0 Å². The second kappa shape index (κ2) is 9.88. The molecule has 0 heterocycles. The Morgan fingerprint density at radius 2 is 1.28 bits per heavy atom. The topological polar surface area (TPSA) is 68.4 Å². The van der Waals surface area contributed by atoms with Crippen LogP contribution in [0.15, 0.2) is 0 Å². The van der Waals surface area contributed by atoms with E-state index in [0.717, 1.165) is 12.8 Å². The minimum Gasteiger partial charge on any atom is -0.412 e. The Bertz CT molecular complexity index is 180. The molecule has 6 heteroatoms. The molecule has 1 fully saturated rings. The molecule has 5 nitrogen and oxygen atoms in total. The molecule has 0 atom stereocenters. The predicted octanol–water partition coefficient (Wildman–Crippen LogP) is 2.06. The minimum absolute atomic E-state index is 0. The smallest absolute Gasteiger partial charge is 0.412 e. The maximum Gasteiger partial charge on any atom is 0.679 e. The summed E-state index contributed by atoms with van der Waals surface area (Å²) in [4.78, 5) is 0. The summed E-state index contributed by atoms with van der Waals surface area (Å²) in [5, 5.41) is 0. The average molecular weight is 280 g/mol. The zero-order valence-electron chi connectivity index (χ0n) is 11.9. The maximum absolute atomic E-state index is 6.07. The third-order valence-corrected chi connectivity index (χ3v) is 5.38. The van der Waals surface area contributed by atoms with Crippen molar-refractivity contribution in [3.8, 4) is 0 Å². The summed E-state index contributed by atoms with van der Waals surface area (Å²) >= 11 is 0. The molecule has 0 unspecified atom stereocenters. The first-order valence-corrected chi connectivity index (χ1v) is 8.49. The lowest BCUT2D eigenvalue weighted by Gasteiger charge is -2.32. The van der Waals surface area contributed by atoms with Crippen molar-refractivity contribution in [2.45, 2.75) is 59.0 Å². The van der Waals surface area contributed by atoms with Gasteiger partial charge in [0.25, 0.3) is 0 Å². The van der Waals surface area contributed by atoms with Crippen LogP contribution in [0.25, 0.3) is 0 Å². The summed E-state index contributed by atoms with van der Waals surface area (Å²) in [7, 11) is -2.88. The zero-order valence-corrected chi connectivity index (χ0v) is 12.9. The molecule has 0 radical (unpaired) electrons. The Hall–Kier alpha value is 0.0169. The summed E-state index contributed by atoms with van der Waals surface area (Å²) in [6, 6.07) is 0. The van der Waals surface area contributed by atoms with E-state index in [1.807, 2.05) is 20.8 Å². The molecule has 1 aliphatic carbocycles. The fourth-order valence-electron chi connectivity index (χ4n) is 2.14. The van der Waals surface area contributed by atoms with Crippen LogP contribution in [0, 0.1) is 0 Å². The van der Waals surface area contributed by atoms with Crippen LogP contribution in [0.3, 0.4) is 0 Å². The Morgan fingerprint density at radius 3 is 1.67 bits per heavy atom. The molecule has 0 bridgehead atoms. The molecule has 0 aromatic rings. The van der Waals surface area contributed by atoms with E-state index in [4.69, 9.17) is 17.7 Å². The normalized spacial score (nSPS) is 17.5. The number of hydrogen-bond donors (Lipinski definition) is 0. The van der Waals surface area contributed by atoms with Crippen LogP contribution in [0.4, 0.5) is 0 Å². The summed E-state index contributed by atoms with van der Waals surface area (Å²) in [5.41, 5.74) is 0. The highest BCUT2D eigenvalue weighted by molar-refractivity contribution is 6.53. The van der Waals surface area contributed by atoms with Gasteiger partial charge in [0.1, 0.15) is 0 Å². The minimum atomic E-state index is -2.88. The summed E-state index contributed by atoms with van der Waals surface area (Å²) < 4.78 is 23.1. The van der Waals surface area contributed by atoms with E-state index < -0.39 is 9.05 Å². The van der Waals surface area contributed by atoms with Crippen LogP contribution in [-0.4, -0.2) is 40.4 Å². The predicted molar refractivity (Wildman–Crippen MR) is 72.2 cm³/mol. The Balaban J connectivity index is 0.00000289. The molecule has 110 valence electrons. The maximum atomic E-state index is 6.07. The number of hydrogen-bond acceptors (Lipinski definition) is 4. The van der Waals surface area contributed by atoms with Gasteiger partial charge in [0.15, 0.2) is 0 Å². The van der Waals surface area contributed by atoms with Crippen LogP contribution in [-0.2, 0) is 17.7 Å². The van der Waals surface area contributed by atoms with E-state index >= 15 is 0 Å². The molecular formula is C12H28O5Si. The summed E-state index contributed by atoms with van der Waals surface area (Å²) in [5.74, 6) is 0. The molecule has 0 spiro atoms. The number of rotatable bonds is 8. The lowest BCUT2D eigenvalue weighted by Crippen LogP contribution is -2.51. The Morgan fingerprint density at radius 1 is 0.833 bits per heavy atom. The van der Waals surface area contributed by atoms with E-state index in [1.165, 1.54) is 19.3 Å². The third-order valence-electron chi connectivity index (χ3n) is 2.83. The lowest BCUT2D eigenvalue weighted by molar-refractivity contribution is -0.0570. The first-order valence-electron chi connectivity index (χ1n) is 6.86. The summed E-state index contributed by atoms with van der Waals surface area (Å²) in [6.45, 7) is 7.55. The van der Waals surface area contributed by atoms with Gasteiger partial charge in [-0.15, -0.1) is 0 Å². The van der Waals surface area contributed by atoms with Crippen LogP contribution < -0.4 is 0 Å². The Labute approximate surface area is 112 Å². The Kier molecular flexibility index (Phi) is 9.89. The van der Waals surface area contributed by atoms with Gasteiger partial charge in [-0.3, -0.25) is 0 Å². The third kappa shape index (κ3) is 5.77. The van der Waals surface area contributed by atoms with Gasteiger partial charge in [-0.25, -0.2) is 0 Å². The van der Waals surface area contributed by atoms with Crippen molar-refractivity contribution >= 4 is 9.05 Å². The fraction of sp³-hybridized carbons (Fsp3) is 1.00. The quantitative estimate of drug-likeness (QED) is 0.638. The van der Waals surface area contributed by atoms with Crippen molar-refractivity contribution in [2.24, 2.45) is 0 Å². The summed E-state index contributed by atoms with van der Waals surface area (Å²) in [6.07, 6.45) is 6.23. The molecule has 1 saturated carbocycles. The SMILES string of the molecule is CCO[Si](OCC)(OCC)OC1CCCCC1.O. The van der Waals surface area contributed by atoms with Gasteiger partial charge < -0.3 is 23.2 Å². The van der Waals surface area contributed by atoms with Crippen LogP contribution in [0.5, 0.6) is 0 Å². The highest BCUT2D eigenvalue weighted by Crippen LogP contribution is 2.25. The van der Waals surface area contributed by atoms with E-state index in [2.05, 4.69) is 0 Å². The highest BCUT2D eigenvalue weighted by Gasteiger charge is 2.47. The monoisotopic (exact) mass is 280 g/mol. The molecule has 0 saturated heterocycles. The largest absolute Gasteiger partial charge is 0.679 e. The van der Waals surface area contributed by atoms with Crippen molar-refractivity contribution in [2.75, 3.05) is 19.8 Å². The molecular weight excluding hydrogens is 252 g/mol. The molecule has 0 aromatic carbocycles. The first kappa shape index (κ1) is 18.0. The van der Waals surface area contributed by atoms with Gasteiger partial charge >= 0.3 is 9.05 Å². The van der Waals surface area contributed by atoms with Gasteiger partial charge in [-0.1, -0.05) is 19.3 Å². The second-order valence-electron chi connectivity index (χ2n) is 4.18. The van der Waals surface area contributed by atoms with Gasteiger partial charge in [0.05, 0.1) is 6.10 Å². The van der Waals surface area contributed by atoms with Crippen LogP contribution in [0.2, 0.25) is 0 Å². The lowest BCUT2D eigenvalue weighted by atomic mass is 9.98. The standard InChI is InChI=1S/C12H26O4Si.H2O/c1-4-13-17(14-5-2,15-6-3)16-12-10-8-7-9-11-12;/h12H,4-11H2,1-3H3;1H2. The first-order chi connectivity index (χ1) is 8.26. The molecule has 18 heavy (non-hydrogen) atoms. The fourth-order valence-corrected chi connectivity index (χ4v) is 4.30. The van der Waals surface area contributed by atoms with Crippen molar-refractivity contribution in [1.82, 2.24) is 0 Å². The van der Waals surface area contributed by atoms with E-state index in [1.54, 1.807) is 0 Å². The zero-order chi connectivity index (χ0) is 12.6. The van der Waals surface area contributed by atoms with Gasteiger partial charge in [0.2, 0.25) is 0 Å². The van der Waals surface area contributed by atoms with E-state index in [9.17, 15) is 0 Å². The highest BCUT2D eigenvalue weighted by atomic mass is 28.4. The van der Waals surface area contributed by atoms with E-state index in [-0.39, 0.29) is 11.6 Å². The average Bonchev–Trinajstić information content (AvgIpc) is 2.31. The molecule has 0 aromatic heterocycles.